The average Bonchev–Trinajstić information content (AvgIpc) is 2.27. The fourth-order valence-corrected chi connectivity index (χ4v) is 2.11. The van der Waals surface area contributed by atoms with E-state index < -0.39 is 17.4 Å². The van der Waals surface area contributed by atoms with Gasteiger partial charge in [0.15, 0.2) is 11.6 Å². The van der Waals surface area contributed by atoms with E-state index in [4.69, 9.17) is 5.11 Å². The van der Waals surface area contributed by atoms with Crippen LogP contribution in [0.1, 0.15) is 37.2 Å². The first kappa shape index (κ1) is 13.5. The molecule has 0 bridgehead atoms. The van der Waals surface area contributed by atoms with Gasteiger partial charge in [0.1, 0.15) is 0 Å². The van der Waals surface area contributed by atoms with Crippen LogP contribution in [-0.2, 0) is 0 Å². The summed E-state index contributed by atoms with van der Waals surface area (Å²) in [5.74, 6) is -2.53. The van der Waals surface area contributed by atoms with Crippen molar-refractivity contribution in [3.63, 3.8) is 0 Å². The number of hydrogen-bond acceptors (Lipinski definition) is 1. The van der Waals surface area contributed by atoms with Gasteiger partial charge in [0.2, 0.25) is 5.82 Å². The Morgan fingerprint density at radius 1 is 1.12 bits per heavy atom. The molecule has 2 rings (SSSR count). The SMILES string of the molecule is Oc1ccc(C2CC[CH-]CC2)c(F)c1F.[Li+]. The zero-order valence-corrected chi connectivity index (χ0v) is 9.34. The summed E-state index contributed by atoms with van der Waals surface area (Å²) in [5.41, 5.74) is 0.401. The first-order valence-corrected chi connectivity index (χ1v) is 5.18. The van der Waals surface area contributed by atoms with E-state index in [0.29, 0.717) is 5.56 Å². The van der Waals surface area contributed by atoms with Crippen molar-refractivity contribution in [3.05, 3.63) is 35.8 Å². The molecule has 4 heteroatoms. The van der Waals surface area contributed by atoms with E-state index >= 15 is 0 Å². The Kier molecular flexibility index (Phi) is 4.83. The van der Waals surface area contributed by atoms with Crippen LogP contribution < -0.4 is 18.9 Å². The molecule has 16 heavy (non-hydrogen) atoms. The molecule has 1 N–H and O–H groups in total. The third kappa shape index (κ3) is 2.59. The molecule has 1 aromatic carbocycles. The molecule has 0 heterocycles. The second kappa shape index (κ2) is 5.70. The molecule has 0 atom stereocenters. The van der Waals surface area contributed by atoms with E-state index in [2.05, 4.69) is 6.42 Å². The van der Waals surface area contributed by atoms with E-state index in [1.807, 2.05) is 0 Å². The quantitative estimate of drug-likeness (QED) is 0.538. The van der Waals surface area contributed by atoms with Gasteiger partial charge in [0, 0.05) is 0 Å². The third-order valence-electron chi connectivity index (χ3n) is 2.97. The van der Waals surface area contributed by atoms with Crippen LogP contribution in [-0.4, -0.2) is 5.11 Å². The Labute approximate surface area is 106 Å². The number of aromatic hydroxyl groups is 1. The molecule has 0 aliphatic heterocycles. The molecule has 1 aliphatic carbocycles. The molecule has 0 unspecified atom stereocenters. The van der Waals surface area contributed by atoms with Gasteiger partial charge in [0.25, 0.3) is 0 Å². The molecular formula is C12H13F2LiO. The summed E-state index contributed by atoms with van der Waals surface area (Å²) >= 11 is 0. The van der Waals surface area contributed by atoms with Gasteiger partial charge >= 0.3 is 18.9 Å². The van der Waals surface area contributed by atoms with Gasteiger partial charge in [-0.25, -0.2) is 4.39 Å². The van der Waals surface area contributed by atoms with Gasteiger partial charge in [0.05, 0.1) is 0 Å². The Morgan fingerprint density at radius 3 is 2.38 bits per heavy atom. The smallest absolute Gasteiger partial charge is 0.505 e. The molecule has 0 aromatic heterocycles. The van der Waals surface area contributed by atoms with Crippen LogP contribution in [0.3, 0.4) is 0 Å². The molecule has 1 saturated carbocycles. The summed E-state index contributed by atoms with van der Waals surface area (Å²) in [6.07, 6.45) is 5.80. The van der Waals surface area contributed by atoms with E-state index in [9.17, 15) is 8.78 Å². The first-order valence-electron chi connectivity index (χ1n) is 5.18. The summed E-state index contributed by atoms with van der Waals surface area (Å²) in [4.78, 5) is 0. The fraction of sp³-hybridized carbons (Fsp3) is 0.417. The predicted octanol–water partition coefficient (Wildman–Crippen LogP) is 0.536. The minimum atomic E-state index is -1.12. The van der Waals surface area contributed by atoms with Crippen LogP contribution in [0.2, 0.25) is 0 Å². The molecular weight excluding hydrogens is 205 g/mol. The van der Waals surface area contributed by atoms with Crippen molar-refractivity contribution in [2.75, 3.05) is 0 Å². The number of phenols is 1. The van der Waals surface area contributed by atoms with Crippen LogP contribution >= 0.6 is 0 Å². The van der Waals surface area contributed by atoms with E-state index in [1.54, 1.807) is 0 Å². The van der Waals surface area contributed by atoms with Crippen LogP contribution in [0.5, 0.6) is 5.75 Å². The van der Waals surface area contributed by atoms with Gasteiger partial charge < -0.3 is 11.5 Å². The standard InChI is InChI=1S/C12H13F2O.Li/c13-11-9(6-7-10(15)12(11)14)8-4-2-1-3-5-8;/h1,6-8,15H,2-5H2;/q-1;+1. The molecule has 82 valence electrons. The number of phenolic OH excluding ortho intramolecular Hbond substituents is 1. The maximum absolute atomic E-state index is 13.5. The van der Waals surface area contributed by atoms with Gasteiger partial charge in [-0.2, -0.15) is 17.2 Å². The van der Waals surface area contributed by atoms with Crippen LogP contribution in [0, 0.1) is 18.1 Å². The number of rotatable bonds is 1. The average molecular weight is 218 g/mol. The minimum absolute atomic E-state index is 0. The largest absolute Gasteiger partial charge is 1.00 e. The number of benzene rings is 1. The minimum Gasteiger partial charge on any atom is -0.505 e. The molecule has 1 aliphatic rings. The summed E-state index contributed by atoms with van der Waals surface area (Å²) < 4.78 is 26.6. The van der Waals surface area contributed by atoms with Crippen molar-refractivity contribution in [1.82, 2.24) is 0 Å². The van der Waals surface area contributed by atoms with Crippen molar-refractivity contribution in [1.29, 1.82) is 0 Å². The Hall–Kier alpha value is -0.523. The molecule has 1 fully saturated rings. The van der Waals surface area contributed by atoms with E-state index in [1.165, 1.54) is 12.1 Å². The normalized spacial score (nSPS) is 16.9. The molecule has 0 amide bonds. The van der Waals surface area contributed by atoms with Gasteiger partial charge in [-0.1, -0.05) is 18.9 Å². The molecule has 0 spiro atoms. The summed E-state index contributed by atoms with van der Waals surface area (Å²) in [6.45, 7) is 0. The molecule has 1 nitrogen and oxygen atoms in total. The summed E-state index contributed by atoms with van der Waals surface area (Å²) in [5, 5.41) is 9.00. The van der Waals surface area contributed by atoms with Gasteiger partial charge in [-0.05, 0) is 17.5 Å². The fourth-order valence-electron chi connectivity index (χ4n) is 2.11. The second-order valence-corrected chi connectivity index (χ2v) is 3.94. The van der Waals surface area contributed by atoms with Crippen LogP contribution in [0.15, 0.2) is 12.1 Å². The number of hydrogen-bond donors (Lipinski definition) is 1. The van der Waals surface area contributed by atoms with Gasteiger partial charge in [-0.3, -0.25) is 0 Å². The molecule has 1 aromatic rings. The molecule has 0 radical (unpaired) electrons. The van der Waals surface area contributed by atoms with Crippen molar-refractivity contribution in [2.24, 2.45) is 0 Å². The maximum Gasteiger partial charge on any atom is 1.00 e. The zero-order chi connectivity index (χ0) is 10.8. The monoisotopic (exact) mass is 218 g/mol. The van der Waals surface area contributed by atoms with Crippen molar-refractivity contribution >= 4 is 0 Å². The summed E-state index contributed by atoms with van der Waals surface area (Å²) in [7, 11) is 0. The number of halogens is 2. The van der Waals surface area contributed by atoms with Crippen LogP contribution in [0.4, 0.5) is 8.78 Å². The van der Waals surface area contributed by atoms with Crippen molar-refractivity contribution in [3.8, 4) is 5.75 Å². The third-order valence-corrected chi connectivity index (χ3v) is 2.97. The van der Waals surface area contributed by atoms with E-state index in [-0.39, 0.29) is 24.8 Å². The Morgan fingerprint density at radius 2 is 1.75 bits per heavy atom. The zero-order valence-electron chi connectivity index (χ0n) is 9.34. The topological polar surface area (TPSA) is 20.2 Å². The van der Waals surface area contributed by atoms with E-state index in [0.717, 1.165) is 25.7 Å². The van der Waals surface area contributed by atoms with Gasteiger partial charge in [-0.15, -0.1) is 0 Å². The first-order chi connectivity index (χ1) is 7.20. The Balaban J connectivity index is 0.00000128. The summed E-state index contributed by atoms with van der Waals surface area (Å²) in [6, 6.07) is 2.72. The molecule has 0 saturated heterocycles. The second-order valence-electron chi connectivity index (χ2n) is 3.94. The van der Waals surface area contributed by atoms with Crippen molar-refractivity contribution in [2.45, 2.75) is 31.6 Å². The van der Waals surface area contributed by atoms with Crippen molar-refractivity contribution < 1.29 is 32.7 Å². The van der Waals surface area contributed by atoms with Crippen LogP contribution in [0.25, 0.3) is 0 Å². The predicted molar refractivity (Wildman–Crippen MR) is 53.5 cm³/mol. The Bertz CT molecular complexity index is 362. The maximum atomic E-state index is 13.5.